The Kier molecular flexibility index (Phi) is 3.20. The zero-order chi connectivity index (χ0) is 10.9. The van der Waals surface area contributed by atoms with Gasteiger partial charge in [-0.05, 0) is 55.9 Å². The van der Waals surface area contributed by atoms with Crippen molar-refractivity contribution in [3.8, 4) is 0 Å². The Bertz CT molecular complexity index is 256. The molecule has 1 N–H and O–H groups in total. The average molecular weight is 208 g/mol. The Morgan fingerprint density at radius 1 is 1.27 bits per heavy atom. The molecular weight excluding hydrogens is 184 g/mol. The topological polar surface area (TPSA) is 20.2 Å². The summed E-state index contributed by atoms with van der Waals surface area (Å²) in [6.45, 7) is 4.50. The van der Waals surface area contributed by atoms with E-state index in [0.29, 0.717) is 11.8 Å². The number of allylic oxidation sites excluding steroid dienone is 1. The van der Waals surface area contributed by atoms with E-state index in [4.69, 9.17) is 0 Å². The third-order valence-corrected chi connectivity index (χ3v) is 4.41. The molecule has 1 fully saturated rings. The van der Waals surface area contributed by atoms with E-state index >= 15 is 0 Å². The van der Waals surface area contributed by atoms with Gasteiger partial charge in [0.1, 0.15) is 0 Å². The minimum Gasteiger partial charge on any atom is -0.385 e. The minimum atomic E-state index is -0.460. The van der Waals surface area contributed by atoms with Gasteiger partial charge in [0.15, 0.2) is 0 Å². The highest BCUT2D eigenvalue weighted by atomic mass is 16.3. The van der Waals surface area contributed by atoms with E-state index in [1.807, 2.05) is 0 Å². The summed E-state index contributed by atoms with van der Waals surface area (Å²) in [5.74, 6) is 1.15. The van der Waals surface area contributed by atoms with Crippen LogP contribution in [-0.2, 0) is 0 Å². The highest BCUT2D eigenvalue weighted by Gasteiger charge is 2.41. The molecule has 0 amide bonds. The highest BCUT2D eigenvalue weighted by molar-refractivity contribution is 5.21. The van der Waals surface area contributed by atoms with E-state index in [1.54, 1.807) is 0 Å². The van der Waals surface area contributed by atoms with Crippen molar-refractivity contribution in [3.63, 3.8) is 0 Å². The molecule has 0 heterocycles. The van der Waals surface area contributed by atoms with Gasteiger partial charge in [0.05, 0.1) is 5.60 Å². The molecule has 0 saturated heterocycles. The first-order valence-electron chi connectivity index (χ1n) is 6.55. The van der Waals surface area contributed by atoms with Gasteiger partial charge in [0.2, 0.25) is 0 Å². The minimum absolute atomic E-state index is 0.457. The van der Waals surface area contributed by atoms with E-state index in [-0.39, 0.29) is 0 Å². The SMILES string of the molecule is CC1CCC(C)C(O)(C2=CCCCC2)C1. The Labute approximate surface area is 93.6 Å². The molecule has 86 valence electrons. The number of rotatable bonds is 1. The molecule has 1 saturated carbocycles. The monoisotopic (exact) mass is 208 g/mol. The summed E-state index contributed by atoms with van der Waals surface area (Å²) in [7, 11) is 0. The molecule has 0 aromatic heterocycles. The van der Waals surface area contributed by atoms with Crippen LogP contribution in [0.5, 0.6) is 0 Å². The van der Waals surface area contributed by atoms with Crippen molar-refractivity contribution in [1.82, 2.24) is 0 Å². The van der Waals surface area contributed by atoms with E-state index in [1.165, 1.54) is 37.7 Å². The Balaban J connectivity index is 2.18. The van der Waals surface area contributed by atoms with Gasteiger partial charge < -0.3 is 5.11 Å². The van der Waals surface area contributed by atoms with Crippen molar-refractivity contribution < 1.29 is 5.11 Å². The second-order valence-corrected chi connectivity index (χ2v) is 5.69. The standard InChI is InChI=1S/C14H24O/c1-11-8-9-12(2)14(15,10-11)13-6-4-3-5-7-13/h6,11-12,15H,3-5,7-10H2,1-2H3. The van der Waals surface area contributed by atoms with E-state index < -0.39 is 5.60 Å². The normalized spacial score (nSPS) is 42.5. The van der Waals surface area contributed by atoms with Crippen molar-refractivity contribution >= 4 is 0 Å². The molecule has 0 aliphatic heterocycles. The summed E-state index contributed by atoms with van der Waals surface area (Å²) < 4.78 is 0. The molecular formula is C14H24O. The fourth-order valence-electron chi connectivity index (χ4n) is 3.29. The van der Waals surface area contributed by atoms with Crippen LogP contribution in [0.1, 0.15) is 58.8 Å². The van der Waals surface area contributed by atoms with Crippen LogP contribution in [0.3, 0.4) is 0 Å². The average Bonchev–Trinajstić information content (AvgIpc) is 2.25. The van der Waals surface area contributed by atoms with Crippen LogP contribution >= 0.6 is 0 Å². The first-order valence-corrected chi connectivity index (χ1v) is 6.55. The molecule has 3 atom stereocenters. The van der Waals surface area contributed by atoms with Crippen molar-refractivity contribution in [1.29, 1.82) is 0 Å². The van der Waals surface area contributed by atoms with E-state index in [2.05, 4.69) is 19.9 Å². The third kappa shape index (κ3) is 2.13. The summed E-state index contributed by atoms with van der Waals surface area (Å²) in [5, 5.41) is 10.9. The number of hydrogen-bond donors (Lipinski definition) is 1. The quantitative estimate of drug-likeness (QED) is 0.652. The lowest BCUT2D eigenvalue weighted by atomic mass is 9.67. The molecule has 1 nitrogen and oxygen atoms in total. The fourth-order valence-corrected chi connectivity index (χ4v) is 3.29. The van der Waals surface area contributed by atoms with Crippen LogP contribution < -0.4 is 0 Å². The largest absolute Gasteiger partial charge is 0.385 e. The molecule has 0 aromatic carbocycles. The van der Waals surface area contributed by atoms with Crippen LogP contribution in [0, 0.1) is 11.8 Å². The lowest BCUT2D eigenvalue weighted by Gasteiger charge is -2.43. The third-order valence-electron chi connectivity index (χ3n) is 4.41. The molecule has 1 heteroatoms. The van der Waals surface area contributed by atoms with Crippen LogP contribution in [-0.4, -0.2) is 10.7 Å². The van der Waals surface area contributed by atoms with Crippen molar-refractivity contribution in [3.05, 3.63) is 11.6 Å². The molecule has 15 heavy (non-hydrogen) atoms. The molecule has 2 aliphatic rings. The Morgan fingerprint density at radius 3 is 2.73 bits per heavy atom. The molecule has 0 spiro atoms. The van der Waals surface area contributed by atoms with Gasteiger partial charge in [-0.25, -0.2) is 0 Å². The lowest BCUT2D eigenvalue weighted by molar-refractivity contribution is -0.0282. The summed E-state index contributed by atoms with van der Waals surface area (Å²) in [4.78, 5) is 0. The van der Waals surface area contributed by atoms with E-state index in [0.717, 1.165) is 12.8 Å². The van der Waals surface area contributed by atoms with Gasteiger partial charge in [-0.2, -0.15) is 0 Å². The maximum absolute atomic E-state index is 10.9. The molecule has 3 unspecified atom stereocenters. The van der Waals surface area contributed by atoms with Gasteiger partial charge >= 0.3 is 0 Å². The molecule has 0 aromatic rings. The van der Waals surface area contributed by atoms with Crippen molar-refractivity contribution in [2.75, 3.05) is 0 Å². The van der Waals surface area contributed by atoms with Gasteiger partial charge in [0, 0.05) is 0 Å². The zero-order valence-corrected chi connectivity index (χ0v) is 10.1. The van der Waals surface area contributed by atoms with Crippen LogP contribution in [0.2, 0.25) is 0 Å². The van der Waals surface area contributed by atoms with Crippen LogP contribution in [0.25, 0.3) is 0 Å². The predicted molar refractivity (Wildman–Crippen MR) is 63.7 cm³/mol. The molecule has 0 bridgehead atoms. The summed E-state index contributed by atoms with van der Waals surface area (Å²) in [6, 6.07) is 0. The second-order valence-electron chi connectivity index (χ2n) is 5.69. The lowest BCUT2D eigenvalue weighted by Crippen LogP contribution is -2.43. The summed E-state index contributed by atoms with van der Waals surface area (Å²) in [6.07, 6.45) is 10.7. The summed E-state index contributed by atoms with van der Waals surface area (Å²) >= 11 is 0. The number of aliphatic hydroxyl groups is 1. The van der Waals surface area contributed by atoms with E-state index in [9.17, 15) is 5.11 Å². The summed E-state index contributed by atoms with van der Waals surface area (Å²) in [5.41, 5.74) is 0.894. The van der Waals surface area contributed by atoms with Gasteiger partial charge in [-0.15, -0.1) is 0 Å². The smallest absolute Gasteiger partial charge is 0.0884 e. The van der Waals surface area contributed by atoms with Crippen LogP contribution in [0.4, 0.5) is 0 Å². The van der Waals surface area contributed by atoms with Gasteiger partial charge in [-0.1, -0.05) is 26.3 Å². The zero-order valence-electron chi connectivity index (χ0n) is 10.1. The maximum atomic E-state index is 10.9. The molecule has 0 radical (unpaired) electrons. The van der Waals surface area contributed by atoms with Crippen molar-refractivity contribution in [2.24, 2.45) is 11.8 Å². The van der Waals surface area contributed by atoms with Gasteiger partial charge in [0.25, 0.3) is 0 Å². The van der Waals surface area contributed by atoms with Crippen molar-refractivity contribution in [2.45, 2.75) is 64.4 Å². The first kappa shape index (κ1) is 11.2. The van der Waals surface area contributed by atoms with Crippen LogP contribution in [0.15, 0.2) is 11.6 Å². The second kappa shape index (κ2) is 4.29. The highest BCUT2D eigenvalue weighted by Crippen LogP contribution is 2.44. The van der Waals surface area contributed by atoms with Gasteiger partial charge in [-0.3, -0.25) is 0 Å². The first-order chi connectivity index (χ1) is 7.13. The predicted octanol–water partition coefficient (Wildman–Crippen LogP) is 3.67. The number of hydrogen-bond acceptors (Lipinski definition) is 1. The molecule has 2 aliphatic carbocycles. The fraction of sp³-hybridized carbons (Fsp3) is 0.857. The maximum Gasteiger partial charge on any atom is 0.0884 e. The Morgan fingerprint density at radius 2 is 2.07 bits per heavy atom. The molecule has 2 rings (SSSR count). The Hall–Kier alpha value is -0.300.